The largest absolute Gasteiger partial charge is 0.481 e. The lowest BCUT2D eigenvalue weighted by molar-refractivity contribution is -0.141. The fourth-order valence-corrected chi connectivity index (χ4v) is 2.85. The Kier molecular flexibility index (Phi) is 6.84. The molecule has 2 N–H and O–H groups in total. The van der Waals surface area contributed by atoms with Crippen LogP contribution in [0, 0.1) is 5.41 Å². The maximum absolute atomic E-state index is 11.9. The van der Waals surface area contributed by atoms with Gasteiger partial charge in [0.1, 0.15) is 0 Å². The highest BCUT2D eigenvalue weighted by Gasteiger charge is 2.36. The molecule has 5 heteroatoms. The number of carbonyl (C=O) groups is 2. The molecule has 1 fully saturated rings. The first-order valence-corrected chi connectivity index (χ1v) is 7.14. The van der Waals surface area contributed by atoms with Crippen molar-refractivity contribution in [2.24, 2.45) is 5.41 Å². The molecule has 0 saturated heterocycles. The molecular formula is C14H25NO4. The van der Waals surface area contributed by atoms with Crippen LogP contribution in [0.1, 0.15) is 51.9 Å². The number of hydrogen-bond acceptors (Lipinski definition) is 3. The third-order valence-corrected chi connectivity index (χ3v) is 3.75. The maximum Gasteiger partial charge on any atom is 0.303 e. The number of rotatable bonds is 8. The first-order valence-electron chi connectivity index (χ1n) is 7.14. The van der Waals surface area contributed by atoms with Gasteiger partial charge in [-0.2, -0.15) is 0 Å². The summed E-state index contributed by atoms with van der Waals surface area (Å²) in [5.41, 5.74) is -0.334. The summed E-state index contributed by atoms with van der Waals surface area (Å²) < 4.78 is 5.15. The molecule has 0 aromatic rings. The molecule has 0 aromatic carbocycles. The first-order chi connectivity index (χ1) is 9.08. The van der Waals surface area contributed by atoms with Gasteiger partial charge in [-0.1, -0.05) is 19.3 Å². The molecule has 0 radical (unpaired) electrons. The van der Waals surface area contributed by atoms with Crippen molar-refractivity contribution < 1.29 is 19.4 Å². The summed E-state index contributed by atoms with van der Waals surface area (Å²) in [5.74, 6) is -0.855. The Bertz CT molecular complexity index is 298. The summed E-state index contributed by atoms with van der Waals surface area (Å²) in [6.45, 7) is 3.55. The number of aliphatic carboxylic acids is 1. The van der Waals surface area contributed by atoms with Crippen LogP contribution in [0.2, 0.25) is 0 Å². The van der Waals surface area contributed by atoms with E-state index in [2.05, 4.69) is 5.32 Å². The molecule has 1 amide bonds. The van der Waals surface area contributed by atoms with Crippen molar-refractivity contribution >= 4 is 11.9 Å². The van der Waals surface area contributed by atoms with Gasteiger partial charge in [0.15, 0.2) is 0 Å². The van der Waals surface area contributed by atoms with Crippen molar-refractivity contribution in [3.63, 3.8) is 0 Å². The maximum atomic E-state index is 11.9. The summed E-state index contributed by atoms with van der Waals surface area (Å²) in [5, 5.41) is 11.8. The van der Waals surface area contributed by atoms with Crippen LogP contribution in [-0.2, 0) is 14.3 Å². The third-order valence-electron chi connectivity index (χ3n) is 3.75. The van der Waals surface area contributed by atoms with Gasteiger partial charge in [0, 0.05) is 19.6 Å². The van der Waals surface area contributed by atoms with Crippen LogP contribution in [0.4, 0.5) is 0 Å². The molecule has 1 aliphatic rings. The summed E-state index contributed by atoms with van der Waals surface area (Å²) >= 11 is 0. The molecule has 0 aromatic heterocycles. The van der Waals surface area contributed by atoms with Crippen molar-refractivity contribution in [2.75, 3.05) is 19.8 Å². The smallest absolute Gasteiger partial charge is 0.303 e. The van der Waals surface area contributed by atoms with E-state index in [9.17, 15) is 9.59 Å². The highest BCUT2D eigenvalue weighted by molar-refractivity contribution is 5.78. The summed E-state index contributed by atoms with van der Waals surface area (Å²) in [6.07, 6.45) is 5.32. The fourth-order valence-electron chi connectivity index (χ4n) is 2.85. The predicted molar refractivity (Wildman–Crippen MR) is 71.9 cm³/mol. The number of carbonyl (C=O) groups excluding carboxylic acids is 1. The van der Waals surface area contributed by atoms with Gasteiger partial charge in [-0.05, 0) is 25.2 Å². The van der Waals surface area contributed by atoms with Crippen LogP contribution in [0.5, 0.6) is 0 Å². The number of ether oxygens (including phenoxy) is 1. The first kappa shape index (κ1) is 16.0. The van der Waals surface area contributed by atoms with E-state index in [1.807, 2.05) is 6.92 Å². The number of amides is 1. The molecule has 0 atom stereocenters. The average Bonchev–Trinajstić information content (AvgIpc) is 2.34. The number of nitrogens with one attached hydrogen (secondary N) is 1. The van der Waals surface area contributed by atoms with Gasteiger partial charge in [0.05, 0.1) is 13.0 Å². The lowest BCUT2D eigenvalue weighted by Gasteiger charge is -2.35. The average molecular weight is 271 g/mol. The van der Waals surface area contributed by atoms with Gasteiger partial charge in [-0.15, -0.1) is 0 Å². The molecule has 0 aliphatic heterocycles. The van der Waals surface area contributed by atoms with Gasteiger partial charge in [-0.25, -0.2) is 0 Å². The van der Waals surface area contributed by atoms with Crippen LogP contribution in [0.25, 0.3) is 0 Å². The molecule has 0 heterocycles. The third kappa shape index (κ3) is 6.05. The molecule has 0 spiro atoms. The summed E-state index contributed by atoms with van der Waals surface area (Å²) in [6, 6.07) is 0. The summed E-state index contributed by atoms with van der Waals surface area (Å²) in [7, 11) is 0. The van der Waals surface area contributed by atoms with E-state index in [4.69, 9.17) is 9.84 Å². The van der Waals surface area contributed by atoms with E-state index >= 15 is 0 Å². The Morgan fingerprint density at radius 1 is 1.21 bits per heavy atom. The number of carboxylic acid groups (broad SMARTS) is 1. The minimum atomic E-state index is -0.802. The number of carboxylic acids is 1. The van der Waals surface area contributed by atoms with Crippen molar-refractivity contribution in [2.45, 2.75) is 51.9 Å². The van der Waals surface area contributed by atoms with Gasteiger partial charge in [0.2, 0.25) is 5.91 Å². The Hall–Kier alpha value is -1.10. The van der Waals surface area contributed by atoms with E-state index < -0.39 is 5.97 Å². The molecule has 19 heavy (non-hydrogen) atoms. The quantitative estimate of drug-likeness (QED) is 0.662. The van der Waals surface area contributed by atoms with E-state index in [1.165, 1.54) is 0 Å². The zero-order chi connectivity index (χ0) is 14.1. The predicted octanol–water partition coefficient (Wildman–Crippen LogP) is 1.95. The second-order valence-electron chi connectivity index (χ2n) is 5.35. The van der Waals surface area contributed by atoms with E-state index in [0.717, 1.165) is 32.1 Å². The Morgan fingerprint density at radius 2 is 1.89 bits per heavy atom. The molecule has 0 bridgehead atoms. The van der Waals surface area contributed by atoms with Gasteiger partial charge in [0.25, 0.3) is 0 Å². The van der Waals surface area contributed by atoms with Crippen LogP contribution in [-0.4, -0.2) is 36.7 Å². The van der Waals surface area contributed by atoms with Crippen molar-refractivity contribution in [1.82, 2.24) is 5.32 Å². The highest BCUT2D eigenvalue weighted by Crippen LogP contribution is 2.42. The van der Waals surface area contributed by atoms with Crippen molar-refractivity contribution in [3.05, 3.63) is 0 Å². The minimum Gasteiger partial charge on any atom is -0.481 e. The Balaban J connectivity index is 2.43. The monoisotopic (exact) mass is 271 g/mol. The standard InChI is InChI=1S/C14H25NO4/c1-2-19-9-8-15-12(16)10-14(11-13(17)18)6-4-3-5-7-14/h2-11H2,1H3,(H,15,16)(H,17,18). The highest BCUT2D eigenvalue weighted by atomic mass is 16.5. The fraction of sp³-hybridized carbons (Fsp3) is 0.857. The van der Waals surface area contributed by atoms with Crippen molar-refractivity contribution in [3.8, 4) is 0 Å². The van der Waals surface area contributed by atoms with Gasteiger partial charge >= 0.3 is 5.97 Å². The van der Waals surface area contributed by atoms with Gasteiger partial charge in [-0.3, -0.25) is 9.59 Å². The normalized spacial score (nSPS) is 17.9. The van der Waals surface area contributed by atoms with Crippen LogP contribution >= 0.6 is 0 Å². The van der Waals surface area contributed by atoms with Crippen molar-refractivity contribution in [1.29, 1.82) is 0 Å². The molecular weight excluding hydrogens is 246 g/mol. The molecule has 110 valence electrons. The zero-order valence-corrected chi connectivity index (χ0v) is 11.7. The Labute approximate surface area is 114 Å². The van der Waals surface area contributed by atoms with Gasteiger partial charge < -0.3 is 15.2 Å². The van der Waals surface area contributed by atoms with E-state index in [-0.39, 0.29) is 17.7 Å². The second kappa shape index (κ2) is 8.15. The molecule has 1 rings (SSSR count). The lowest BCUT2D eigenvalue weighted by Crippen LogP contribution is -2.36. The minimum absolute atomic E-state index is 0.0529. The topological polar surface area (TPSA) is 75.6 Å². The second-order valence-corrected chi connectivity index (χ2v) is 5.35. The molecule has 5 nitrogen and oxygen atoms in total. The van der Waals surface area contributed by atoms with E-state index in [1.54, 1.807) is 0 Å². The molecule has 1 saturated carbocycles. The number of hydrogen-bond donors (Lipinski definition) is 2. The summed E-state index contributed by atoms with van der Waals surface area (Å²) in [4.78, 5) is 22.9. The van der Waals surface area contributed by atoms with Crippen LogP contribution in [0.3, 0.4) is 0 Å². The lowest BCUT2D eigenvalue weighted by atomic mass is 9.69. The SMILES string of the molecule is CCOCCNC(=O)CC1(CC(=O)O)CCCCC1. The molecule has 1 aliphatic carbocycles. The van der Waals surface area contributed by atoms with E-state index in [0.29, 0.717) is 26.2 Å². The van der Waals surface area contributed by atoms with Crippen LogP contribution in [0.15, 0.2) is 0 Å². The molecule has 0 unspecified atom stereocenters. The zero-order valence-electron chi connectivity index (χ0n) is 11.7. The Morgan fingerprint density at radius 3 is 2.47 bits per heavy atom. The van der Waals surface area contributed by atoms with Crippen LogP contribution < -0.4 is 5.32 Å².